The van der Waals surface area contributed by atoms with Gasteiger partial charge in [-0.25, -0.2) is 9.37 Å². The van der Waals surface area contributed by atoms with Crippen molar-refractivity contribution in [2.24, 2.45) is 0 Å². The fraction of sp³-hybridized carbons (Fsp3) is 0.400. The van der Waals surface area contributed by atoms with Gasteiger partial charge in [0.25, 0.3) is 0 Å². The summed E-state index contributed by atoms with van der Waals surface area (Å²) in [6.07, 6.45) is 0.0942. The maximum absolute atomic E-state index is 14.8. The predicted molar refractivity (Wildman–Crippen MR) is 128 cm³/mol. The van der Waals surface area contributed by atoms with Crippen molar-refractivity contribution in [1.29, 1.82) is 0 Å². The number of hydrogen-bond acceptors (Lipinski definition) is 7. The van der Waals surface area contributed by atoms with Crippen LogP contribution in [0.15, 0.2) is 48.3 Å². The van der Waals surface area contributed by atoms with Crippen LogP contribution >= 0.6 is 0 Å². The number of hydrogen-bond donors (Lipinski definition) is 4. The quantitative estimate of drug-likeness (QED) is 0.412. The van der Waals surface area contributed by atoms with Gasteiger partial charge in [0.05, 0.1) is 37.5 Å². The Hall–Kier alpha value is -3.73. The van der Waals surface area contributed by atoms with Gasteiger partial charge < -0.3 is 25.8 Å². The number of ether oxygens (including phenoxy) is 1. The molecule has 1 saturated heterocycles. The number of amides is 2. The Morgan fingerprint density at radius 1 is 1.28 bits per heavy atom. The number of likely N-dealkylation sites (tertiary alicyclic amines) is 1. The predicted octanol–water partition coefficient (Wildman–Crippen LogP) is 2.34. The third kappa shape index (κ3) is 5.56. The lowest BCUT2D eigenvalue weighted by atomic mass is 9.99. The van der Waals surface area contributed by atoms with Crippen LogP contribution in [0.5, 0.6) is 5.75 Å². The molecular weight excluding hydrogens is 470 g/mol. The molecule has 3 heterocycles. The zero-order chi connectivity index (χ0) is 25.8. The van der Waals surface area contributed by atoms with Gasteiger partial charge in [-0.15, -0.1) is 0 Å². The number of methoxy groups -OCH3 is 1. The van der Waals surface area contributed by atoms with Gasteiger partial charge in [-0.3, -0.25) is 9.59 Å². The molecule has 0 bridgehead atoms. The molecule has 2 aliphatic rings. The summed E-state index contributed by atoms with van der Waals surface area (Å²) in [7, 11) is 1.52. The number of hydrazine groups is 2. The number of nitrogens with zero attached hydrogens (tertiary/aromatic N) is 2. The third-order valence-corrected chi connectivity index (χ3v) is 6.29. The molecule has 0 aliphatic carbocycles. The van der Waals surface area contributed by atoms with E-state index in [1.807, 2.05) is 13.8 Å². The molecule has 36 heavy (non-hydrogen) atoms. The topological polar surface area (TPSA) is 108 Å². The number of carbonyl (C=O) groups excluding carboxylic acids is 2. The van der Waals surface area contributed by atoms with E-state index in [-0.39, 0.29) is 36.9 Å². The summed E-state index contributed by atoms with van der Waals surface area (Å²) in [5, 5.41) is 2.88. The highest BCUT2D eigenvalue weighted by atomic mass is 19.1. The first kappa shape index (κ1) is 25.4. The van der Waals surface area contributed by atoms with Gasteiger partial charge in [-0.1, -0.05) is 32.0 Å². The standard InChI is InChI=1S/C25H30F2N6O3/c1-14(2)19-7-8-20(29-24(19)27)23(15-5-4-6-18(9-15)36-3)30-25(35)21-10-16(26)13-33(21)22(34)11-17-12-28-32-31-17/h4-9,12,14,16,21,23,28,31-32H,10-11,13H2,1-3H3,(H,30,35)/t16-,21+,23?/m1/s1. The Morgan fingerprint density at radius 2 is 2.08 bits per heavy atom. The molecule has 2 amide bonds. The second-order valence-corrected chi connectivity index (χ2v) is 9.12. The Labute approximate surface area is 208 Å². The van der Waals surface area contributed by atoms with Gasteiger partial charge in [-0.05, 0) is 29.7 Å². The number of pyridine rings is 1. The molecular formula is C25H30F2N6O3. The first-order valence-electron chi connectivity index (χ1n) is 11.8. The summed E-state index contributed by atoms with van der Waals surface area (Å²) >= 11 is 0. The highest BCUT2D eigenvalue weighted by Crippen LogP contribution is 2.28. The molecule has 2 aliphatic heterocycles. The lowest BCUT2D eigenvalue weighted by Gasteiger charge is -2.27. The summed E-state index contributed by atoms with van der Waals surface area (Å²) < 4.78 is 34.5. The molecule has 1 fully saturated rings. The number of aromatic nitrogens is 1. The van der Waals surface area contributed by atoms with Crippen LogP contribution in [-0.4, -0.2) is 47.6 Å². The minimum absolute atomic E-state index is 0.0285. The Bertz CT molecular complexity index is 1160. The van der Waals surface area contributed by atoms with E-state index < -0.39 is 30.1 Å². The van der Waals surface area contributed by atoms with Crippen LogP contribution in [-0.2, 0) is 9.59 Å². The molecule has 0 radical (unpaired) electrons. The second kappa shape index (κ2) is 10.9. The highest BCUT2D eigenvalue weighted by molar-refractivity contribution is 5.89. The maximum atomic E-state index is 14.8. The van der Waals surface area contributed by atoms with Crippen molar-refractivity contribution in [2.75, 3.05) is 13.7 Å². The van der Waals surface area contributed by atoms with Gasteiger partial charge in [0.2, 0.25) is 17.8 Å². The smallest absolute Gasteiger partial charge is 0.243 e. The SMILES string of the molecule is COc1cccc(C(NC(=O)[C@@H]2C[C@@H](F)CN2C(=O)CC2=CNNN2)c2ccc(C(C)C)c(F)n2)c1. The van der Waals surface area contributed by atoms with Gasteiger partial charge in [0.15, 0.2) is 0 Å². The van der Waals surface area contributed by atoms with Crippen molar-refractivity contribution in [3.8, 4) is 5.75 Å². The van der Waals surface area contributed by atoms with Crippen LogP contribution in [0.3, 0.4) is 0 Å². The van der Waals surface area contributed by atoms with Crippen molar-refractivity contribution >= 4 is 11.8 Å². The summed E-state index contributed by atoms with van der Waals surface area (Å²) in [4.78, 5) is 31.7. The van der Waals surface area contributed by atoms with E-state index in [9.17, 15) is 18.4 Å². The van der Waals surface area contributed by atoms with E-state index in [1.165, 1.54) is 12.0 Å². The molecule has 9 nitrogen and oxygen atoms in total. The van der Waals surface area contributed by atoms with E-state index in [1.54, 1.807) is 42.6 Å². The number of carbonyl (C=O) groups is 2. The Kier molecular flexibility index (Phi) is 7.68. The highest BCUT2D eigenvalue weighted by Gasteiger charge is 2.41. The zero-order valence-corrected chi connectivity index (χ0v) is 20.3. The van der Waals surface area contributed by atoms with E-state index in [0.29, 0.717) is 22.6 Å². The molecule has 11 heteroatoms. The molecule has 4 N–H and O–H groups in total. The summed E-state index contributed by atoms with van der Waals surface area (Å²) in [6.45, 7) is 3.55. The summed E-state index contributed by atoms with van der Waals surface area (Å²) in [6, 6.07) is 8.44. The summed E-state index contributed by atoms with van der Waals surface area (Å²) in [5.74, 6) is -1.07. The molecule has 3 atom stereocenters. The minimum atomic E-state index is -1.33. The third-order valence-electron chi connectivity index (χ3n) is 6.29. The molecule has 192 valence electrons. The molecule has 0 saturated carbocycles. The Morgan fingerprint density at radius 3 is 2.75 bits per heavy atom. The van der Waals surface area contributed by atoms with Crippen LogP contribution in [0.25, 0.3) is 0 Å². The van der Waals surface area contributed by atoms with Crippen LogP contribution in [0.1, 0.15) is 55.5 Å². The number of halogens is 2. The number of nitrogens with one attached hydrogen (secondary N) is 4. The average molecular weight is 501 g/mol. The normalized spacial score (nSPS) is 19.9. The van der Waals surface area contributed by atoms with Crippen molar-refractivity contribution in [3.05, 3.63) is 71.1 Å². The summed E-state index contributed by atoms with van der Waals surface area (Å²) in [5.41, 5.74) is 10.0. The maximum Gasteiger partial charge on any atom is 0.243 e. The van der Waals surface area contributed by atoms with Gasteiger partial charge >= 0.3 is 0 Å². The fourth-order valence-corrected chi connectivity index (χ4v) is 4.38. The number of benzene rings is 1. The first-order valence-corrected chi connectivity index (χ1v) is 11.8. The van der Waals surface area contributed by atoms with Gasteiger partial charge in [-0.2, -0.15) is 9.93 Å². The first-order chi connectivity index (χ1) is 17.3. The lowest BCUT2D eigenvalue weighted by molar-refractivity contribution is -0.138. The molecule has 2 aromatic rings. The molecule has 1 unspecified atom stereocenters. The van der Waals surface area contributed by atoms with Crippen molar-refractivity contribution in [1.82, 2.24) is 31.6 Å². The van der Waals surface area contributed by atoms with Crippen LogP contribution in [0.2, 0.25) is 0 Å². The Balaban J connectivity index is 1.61. The zero-order valence-electron chi connectivity index (χ0n) is 20.3. The van der Waals surface area contributed by atoms with Gasteiger partial charge in [0, 0.05) is 18.2 Å². The molecule has 1 aromatic carbocycles. The second-order valence-electron chi connectivity index (χ2n) is 9.12. The van der Waals surface area contributed by atoms with E-state index in [4.69, 9.17) is 4.74 Å². The van der Waals surface area contributed by atoms with E-state index in [2.05, 4.69) is 26.7 Å². The van der Waals surface area contributed by atoms with Crippen LogP contribution in [0.4, 0.5) is 8.78 Å². The van der Waals surface area contributed by atoms with E-state index in [0.717, 1.165) is 0 Å². The van der Waals surface area contributed by atoms with E-state index >= 15 is 0 Å². The number of alkyl halides is 1. The minimum Gasteiger partial charge on any atom is -0.497 e. The molecule has 4 rings (SSSR count). The largest absolute Gasteiger partial charge is 0.497 e. The van der Waals surface area contributed by atoms with Crippen LogP contribution < -0.4 is 26.4 Å². The van der Waals surface area contributed by atoms with Crippen molar-refractivity contribution in [3.63, 3.8) is 0 Å². The van der Waals surface area contributed by atoms with Gasteiger partial charge in [0.1, 0.15) is 18.0 Å². The van der Waals surface area contributed by atoms with Crippen molar-refractivity contribution < 1.29 is 23.1 Å². The molecule has 1 aromatic heterocycles. The van der Waals surface area contributed by atoms with Crippen molar-refractivity contribution in [2.45, 2.75) is 50.9 Å². The average Bonchev–Trinajstić information content (AvgIpc) is 3.51. The lowest BCUT2D eigenvalue weighted by Crippen LogP contribution is -2.47. The number of rotatable bonds is 8. The molecule has 0 spiro atoms. The monoisotopic (exact) mass is 500 g/mol. The fourth-order valence-electron chi connectivity index (χ4n) is 4.38. The van der Waals surface area contributed by atoms with Crippen LogP contribution in [0, 0.1) is 5.95 Å².